The molecule has 0 atom stereocenters. The monoisotopic (exact) mass is 313 g/mol. The number of halogens is 4. The summed E-state index contributed by atoms with van der Waals surface area (Å²) in [7, 11) is 0. The van der Waals surface area contributed by atoms with Crippen LogP contribution in [0, 0.1) is 5.92 Å². The highest BCUT2D eigenvalue weighted by atomic mass is 35.5. The van der Waals surface area contributed by atoms with E-state index in [9.17, 15) is 13.2 Å². The van der Waals surface area contributed by atoms with E-state index in [0.29, 0.717) is 16.7 Å². The van der Waals surface area contributed by atoms with Crippen molar-refractivity contribution in [3.8, 4) is 11.5 Å². The number of alkyl halides is 3. The highest BCUT2D eigenvalue weighted by Gasteiger charge is 2.34. The molecule has 0 spiro atoms. The molecular weight excluding hydrogens is 301 g/mol. The van der Waals surface area contributed by atoms with E-state index in [-0.39, 0.29) is 11.3 Å². The summed E-state index contributed by atoms with van der Waals surface area (Å²) in [6, 6.07) is 10.4. The lowest BCUT2D eigenvalue weighted by Crippen LogP contribution is -2.10. The van der Waals surface area contributed by atoms with Crippen LogP contribution in [0.5, 0.6) is 11.5 Å². The van der Waals surface area contributed by atoms with Gasteiger partial charge in [0, 0.05) is 5.02 Å². The molecule has 111 valence electrons. The molecule has 0 aliphatic rings. The van der Waals surface area contributed by atoms with Gasteiger partial charge in [0.05, 0.1) is 5.56 Å². The lowest BCUT2D eigenvalue weighted by molar-refractivity contribution is -0.138. The SMILES string of the molecule is C[C](C)c1ccc(Oc2ccc(Cl)cc2)cc1C(F)(F)F. The first-order valence-corrected chi connectivity index (χ1v) is 6.60. The van der Waals surface area contributed by atoms with Crippen LogP contribution in [0.15, 0.2) is 42.5 Å². The van der Waals surface area contributed by atoms with Gasteiger partial charge in [0.15, 0.2) is 0 Å². The lowest BCUT2D eigenvalue weighted by Gasteiger charge is -2.16. The third-order valence-corrected chi connectivity index (χ3v) is 3.14. The quantitative estimate of drug-likeness (QED) is 0.664. The maximum absolute atomic E-state index is 13.1. The Morgan fingerprint density at radius 1 is 0.952 bits per heavy atom. The Labute approximate surface area is 126 Å². The molecule has 0 amide bonds. The standard InChI is InChI=1S/C16H13ClF3O/c1-10(2)14-8-7-13(9-15(14)16(18,19)20)21-12-5-3-11(17)4-6-12/h3-9H,1-2H3. The van der Waals surface area contributed by atoms with Crippen molar-refractivity contribution < 1.29 is 17.9 Å². The Hall–Kier alpha value is -1.68. The first kappa shape index (κ1) is 15.7. The first-order valence-electron chi connectivity index (χ1n) is 6.22. The van der Waals surface area contributed by atoms with Crippen LogP contribution in [0.4, 0.5) is 13.2 Å². The van der Waals surface area contributed by atoms with Crippen molar-refractivity contribution in [2.45, 2.75) is 20.0 Å². The second kappa shape index (κ2) is 5.98. The average Bonchev–Trinajstić information content (AvgIpc) is 2.40. The normalized spacial score (nSPS) is 11.8. The van der Waals surface area contributed by atoms with E-state index in [4.69, 9.17) is 16.3 Å². The van der Waals surface area contributed by atoms with E-state index in [2.05, 4.69) is 0 Å². The minimum atomic E-state index is -4.42. The van der Waals surface area contributed by atoms with Gasteiger partial charge in [-0.15, -0.1) is 0 Å². The van der Waals surface area contributed by atoms with Gasteiger partial charge in [-0.2, -0.15) is 13.2 Å². The third kappa shape index (κ3) is 3.91. The Morgan fingerprint density at radius 2 is 1.52 bits per heavy atom. The fourth-order valence-electron chi connectivity index (χ4n) is 1.90. The largest absolute Gasteiger partial charge is 0.457 e. The van der Waals surface area contributed by atoms with Gasteiger partial charge < -0.3 is 4.74 Å². The van der Waals surface area contributed by atoms with Crippen molar-refractivity contribution in [3.05, 3.63) is 64.5 Å². The Balaban J connectivity index is 2.35. The van der Waals surface area contributed by atoms with Crippen LogP contribution >= 0.6 is 11.6 Å². The topological polar surface area (TPSA) is 9.23 Å². The molecule has 0 heterocycles. The number of hydrogen-bond acceptors (Lipinski definition) is 1. The minimum absolute atomic E-state index is 0.134. The van der Waals surface area contributed by atoms with Crippen molar-refractivity contribution in [3.63, 3.8) is 0 Å². The fraction of sp³-hybridized carbons (Fsp3) is 0.188. The van der Waals surface area contributed by atoms with Crippen molar-refractivity contribution in [2.24, 2.45) is 0 Å². The maximum Gasteiger partial charge on any atom is 0.416 e. The van der Waals surface area contributed by atoms with Gasteiger partial charge in [-0.1, -0.05) is 31.5 Å². The Bertz CT molecular complexity index is 618. The molecule has 1 nitrogen and oxygen atoms in total. The van der Waals surface area contributed by atoms with Crippen LogP contribution in [-0.4, -0.2) is 0 Å². The van der Waals surface area contributed by atoms with Gasteiger partial charge in [0.2, 0.25) is 0 Å². The number of rotatable bonds is 3. The maximum atomic E-state index is 13.1. The summed E-state index contributed by atoms with van der Waals surface area (Å²) in [5, 5.41) is 0.532. The zero-order valence-electron chi connectivity index (χ0n) is 11.5. The second-order valence-electron chi connectivity index (χ2n) is 4.76. The smallest absolute Gasteiger partial charge is 0.416 e. The van der Waals surface area contributed by atoms with Crippen LogP contribution in [0.3, 0.4) is 0 Å². The molecule has 2 rings (SSSR count). The lowest BCUT2D eigenvalue weighted by atomic mass is 9.96. The van der Waals surface area contributed by atoms with Crippen molar-refractivity contribution in [1.82, 2.24) is 0 Å². The molecule has 0 aliphatic heterocycles. The van der Waals surface area contributed by atoms with Crippen molar-refractivity contribution in [2.75, 3.05) is 0 Å². The van der Waals surface area contributed by atoms with Gasteiger partial charge in [-0.25, -0.2) is 0 Å². The molecule has 2 aromatic carbocycles. The van der Waals surface area contributed by atoms with Gasteiger partial charge in [-0.05, 0) is 47.9 Å². The summed E-state index contributed by atoms with van der Waals surface area (Å²) in [4.78, 5) is 0. The zero-order chi connectivity index (χ0) is 15.6. The summed E-state index contributed by atoms with van der Waals surface area (Å²) >= 11 is 5.75. The van der Waals surface area contributed by atoms with Gasteiger partial charge in [0.1, 0.15) is 11.5 Å². The van der Waals surface area contributed by atoms with Crippen LogP contribution in [0.25, 0.3) is 0 Å². The predicted octanol–water partition coefficient (Wildman–Crippen LogP) is 6.11. The Morgan fingerprint density at radius 3 is 2.05 bits per heavy atom. The van der Waals surface area contributed by atoms with Crippen LogP contribution < -0.4 is 4.74 Å². The third-order valence-electron chi connectivity index (χ3n) is 2.88. The van der Waals surface area contributed by atoms with Crippen LogP contribution in [0.2, 0.25) is 5.02 Å². The summed E-state index contributed by atoms with van der Waals surface area (Å²) in [5.41, 5.74) is -0.528. The summed E-state index contributed by atoms with van der Waals surface area (Å²) in [6.07, 6.45) is -4.42. The van der Waals surface area contributed by atoms with E-state index in [1.807, 2.05) is 0 Å². The molecule has 0 N–H and O–H groups in total. The first-order chi connectivity index (χ1) is 9.77. The summed E-state index contributed by atoms with van der Waals surface area (Å²) in [5.74, 6) is 1.16. The fourth-order valence-corrected chi connectivity index (χ4v) is 2.02. The second-order valence-corrected chi connectivity index (χ2v) is 5.20. The molecule has 0 fully saturated rings. The minimum Gasteiger partial charge on any atom is -0.457 e. The molecule has 0 saturated carbocycles. The molecule has 21 heavy (non-hydrogen) atoms. The average molecular weight is 314 g/mol. The van der Waals surface area contributed by atoms with E-state index < -0.39 is 11.7 Å². The van der Waals surface area contributed by atoms with E-state index in [1.165, 1.54) is 12.1 Å². The van der Waals surface area contributed by atoms with Crippen LogP contribution in [-0.2, 0) is 6.18 Å². The van der Waals surface area contributed by atoms with E-state index in [1.54, 1.807) is 38.1 Å². The molecule has 0 unspecified atom stereocenters. The van der Waals surface area contributed by atoms with Crippen molar-refractivity contribution in [1.29, 1.82) is 0 Å². The molecule has 0 aromatic heterocycles. The molecule has 2 aromatic rings. The highest BCUT2D eigenvalue weighted by molar-refractivity contribution is 6.30. The Kier molecular flexibility index (Phi) is 4.47. The van der Waals surface area contributed by atoms with Gasteiger partial charge in [0.25, 0.3) is 0 Å². The highest BCUT2D eigenvalue weighted by Crippen LogP contribution is 2.38. The molecule has 5 heteroatoms. The number of ether oxygens (including phenoxy) is 1. The molecule has 0 saturated heterocycles. The van der Waals surface area contributed by atoms with Gasteiger partial charge >= 0.3 is 6.18 Å². The van der Waals surface area contributed by atoms with Crippen LogP contribution in [0.1, 0.15) is 25.0 Å². The molecule has 0 bridgehead atoms. The number of hydrogen-bond donors (Lipinski definition) is 0. The van der Waals surface area contributed by atoms with Crippen molar-refractivity contribution >= 4 is 11.6 Å². The molecule has 0 aliphatic carbocycles. The van der Waals surface area contributed by atoms with E-state index in [0.717, 1.165) is 6.07 Å². The van der Waals surface area contributed by atoms with E-state index >= 15 is 0 Å². The summed E-state index contributed by atoms with van der Waals surface area (Å²) in [6.45, 7) is 3.29. The zero-order valence-corrected chi connectivity index (χ0v) is 12.2. The number of benzene rings is 2. The summed E-state index contributed by atoms with van der Waals surface area (Å²) < 4.78 is 44.7. The van der Waals surface area contributed by atoms with Gasteiger partial charge in [-0.3, -0.25) is 0 Å². The molecule has 1 radical (unpaired) electrons. The molecular formula is C16H13ClF3O. The predicted molar refractivity (Wildman–Crippen MR) is 76.7 cm³/mol.